The van der Waals surface area contributed by atoms with Crippen LogP contribution in [-0.2, 0) is 17.6 Å². The third kappa shape index (κ3) is 4.75. The van der Waals surface area contributed by atoms with Gasteiger partial charge in [0.15, 0.2) is 0 Å². The molecule has 26 heavy (non-hydrogen) atoms. The molecule has 3 rings (SSSR count). The Morgan fingerprint density at radius 1 is 1.08 bits per heavy atom. The van der Waals surface area contributed by atoms with Crippen LogP contribution in [0.5, 0.6) is 0 Å². The molecule has 2 aromatic carbocycles. The normalized spacial score (nSPS) is 14.8. The van der Waals surface area contributed by atoms with E-state index in [2.05, 4.69) is 48.6 Å². The van der Waals surface area contributed by atoms with E-state index in [1.54, 1.807) is 0 Å². The molecule has 0 saturated heterocycles. The fraction of sp³-hybridized carbons (Fsp3) is 0.348. The maximum Gasteiger partial charge on any atom is 0.412 e. The molecule has 1 N–H and O–H groups in total. The van der Waals surface area contributed by atoms with Crippen LogP contribution in [0.3, 0.4) is 0 Å². The molecule has 0 aromatic heterocycles. The lowest BCUT2D eigenvalue weighted by molar-refractivity contribution is 0.0636. The lowest BCUT2D eigenvalue weighted by atomic mass is 9.98. The number of amides is 1. The number of allylic oxidation sites excluding steroid dienone is 2. The number of hydrogen-bond acceptors (Lipinski definition) is 2. The summed E-state index contributed by atoms with van der Waals surface area (Å²) in [5.74, 6) is 0.537. The lowest BCUT2D eigenvalue weighted by Gasteiger charge is -2.19. The minimum absolute atomic E-state index is 0.428. The van der Waals surface area contributed by atoms with E-state index in [9.17, 15) is 4.79 Å². The Bertz CT molecular complexity index is 805. The molecule has 3 nitrogen and oxygen atoms in total. The van der Waals surface area contributed by atoms with Crippen LogP contribution >= 0.6 is 0 Å². The van der Waals surface area contributed by atoms with Crippen molar-refractivity contribution in [3.8, 4) is 0 Å². The van der Waals surface area contributed by atoms with Crippen LogP contribution in [0.4, 0.5) is 10.5 Å². The van der Waals surface area contributed by atoms with Crippen molar-refractivity contribution in [2.75, 3.05) is 5.32 Å². The van der Waals surface area contributed by atoms with Crippen molar-refractivity contribution in [3.63, 3.8) is 0 Å². The fourth-order valence-corrected chi connectivity index (χ4v) is 3.42. The summed E-state index contributed by atoms with van der Waals surface area (Å²) in [4.78, 5) is 12.0. The van der Waals surface area contributed by atoms with Crippen LogP contribution in [0.2, 0.25) is 0 Å². The van der Waals surface area contributed by atoms with Gasteiger partial charge < -0.3 is 4.74 Å². The SMILES string of the molecule is C/C(=C\C1Cc2ccccc2C1)c1cccc(NC(=O)OC(C)(C)C)c1. The predicted octanol–water partition coefficient (Wildman–Crippen LogP) is 5.85. The molecule has 0 heterocycles. The Balaban J connectivity index is 1.69. The Hall–Kier alpha value is -2.55. The first-order valence-corrected chi connectivity index (χ1v) is 9.16. The van der Waals surface area contributed by atoms with Gasteiger partial charge in [-0.05, 0) is 80.9 Å². The van der Waals surface area contributed by atoms with E-state index in [1.807, 2.05) is 39.0 Å². The standard InChI is InChI=1S/C23H27NO2/c1-16(12-17-13-19-8-5-6-9-20(19)14-17)18-10-7-11-21(15-18)24-22(25)26-23(2,3)4/h5-12,15,17H,13-14H2,1-4H3,(H,24,25)/b16-12+. The molecule has 0 spiro atoms. The van der Waals surface area contributed by atoms with Crippen molar-refractivity contribution in [2.45, 2.75) is 46.1 Å². The summed E-state index contributed by atoms with van der Waals surface area (Å²) in [6, 6.07) is 16.6. The number of anilines is 1. The summed E-state index contributed by atoms with van der Waals surface area (Å²) in [7, 11) is 0. The van der Waals surface area contributed by atoms with Crippen molar-refractivity contribution < 1.29 is 9.53 Å². The topological polar surface area (TPSA) is 38.3 Å². The second kappa shape index (κ2) is 7.36. The smallest absolute Gasteiger partial charge is 0.412 e. The lowest BCUT2D eigenvalue weighted by Crippen LogP contribution is -2.27. The maximum atomic E-state index is 12.0. The van der Waals surface area contributed by atoms with E-state index in [0.717, 1.165) is 24.1 Å². The number of benzene rings is 2. The van der Waals surface area contributed by atoms with E-state index in [0.29, 0.717) is 5.92 Å². The quantitative estimate of drug-likeness (QED) is 0.754. The Morgan fingerprint density at radius 3 is 2.35 bits per heavy atom. The second-order valence-corrected chi connectivity index (χ2v) is 7.99. The van der Waals surface area contributed by atoms with Crippen LogP contribution in [0.25, 0.3) is 5.57 Å². The van der Waals surface area contributed by atoms with Gasteiger partial charge in [-0.1, -0.05) is 42.5 Å². The van der Waals surface area contributed by atoms with Crippen molar-refractivity contribution in [1.29, 1.82) is 0 Å². The molecule has 0 unspecified atom stereocenters. The predicted molar refractivity (Wildman–Crippen MR) is 107 cm³/mol. The van der Waals surface area contributed by atoms with E-state index in [-0.39, 0.29) is 0 Å². The van der Waals surface area contributed by atoms with Gasteiger partial charge in [-0.2, -0.15) is 0 Å². The zero-order valence-electron chi connectivity index (χ0n) is 16.0. The van der Waals surface area contributed by atoms with E-state index >= 15 is 0 Å². The summed E-state index contributed by atoms with van der Waals surface area (Å²) in [6.07, 6.45) is 4.13. The molecule has 1 aliphatic rings. The molecule has 1 amide bonds. The van der Waals surface area contributed by atoms with Gasteiger partial charge in [0.25, 0.3) is 0 Å². The van der Waals surface area contributed by atoms with Crippen LogP contribution < -0.4 is 5.32 Å². The molecular weight excluding hydrogens is 322 g/mol. The Morgan fingerprint density at radius 2 is 1.73 bits per heavy atom. The van der Waals surface area contributed by atoms with Gasteiger partial charge in [0.05, 0.1) is 0 Å². The average molecular weight is 349 g/mol. The minimum Gasteiger partial charge on any atom is -0.444 e. The number of nitrogens with one attached hydrogen (secondary N) is 1. The Labute approximate surface area is 156 Å². The molecule has 0 aliphatic heterocycles. The Kier molecular flexibility index (Phi) is 5.17. The molecule has 3 heteroatoms. The van der Waals surface area contributed by atoms with Gasteiger partial charge in [0.1, 0.15) is 5.60 Å². The number of ether oxygens (including phenoxy) is 1. The summed E-state index contributed by atoms with van der Waals surface area (Å²) in [6.45, 7) is 7.70. The van der Waals surface area contributed by atoms with Gasteiger partial charge in [-0.25, -0.2) is 4.79 Å². The number of hydrogen-bond donors (Lipinski definition) is 1. The van der Waals surface area contributed by atoms with E-state index in [4.69, 9.17) is 4.74 Å². The van der Waals surface area contributed by atoms with E-state index in [1.165, 1.54) is 16.7 Å². The van der Waals surface area contributed by atoms with Crippen LogP contribution in [0, 0.1) is 5.92 Å². The first-order valence-electron chi connectivity index (χ1n) is 9.16. The monoisotopic (exact) mass is 349 g/mol. The molecule has 0 atom stereocenters. The largest absolute Gasteiger partial charge is 0.444 e. The third-order valence-corrected chi connectivity index (χ3v) is 4.53. The highest BCUT2D eigenvalue weighted by Gasteiger charge is 2.19. The zero-order valence-corrected chi connectivity index (χ0v) is 16.0. The first kappa shape index (κ1) is 18.2. The molecule has 136 valence electrons. The highest BCUT2D eigenvalue weighted by molar-refractivity contribution is 5.85. The number of fused-ring (bicyclic) bond motifs is 1. The van der Waals surface area contributed by atoms with Crippen molar-refractivity contribution in [1.82, 2.24) is 0 Å². The van der Waals surface area contributed by atoms with E-state index < -0.39 is 11.7 Å². The van der Waals surface area contributed by atoms with Crippen molar-refractivity contribution in [2.24, 2.45) is 5.92 Å². The summed E-state index contributed by atoms with van der Waals surface area (Å²) < 4.78 is 5.32. The first-order chi connectivity index (χ1) is 12.3. The maximum absolute atomic E-state index is 12.0. The summed E-state index contributed by atoms with van der Waals surface area (Å²) >= 11 is 0. The highest BCUT2D eigenvalue weighted by Crippen LogP contribution is 2.30. The number of rotatable bonds is 3. The third-order valence-electron chi connectivity index (χ3n) is 4.53. The van der Waals surface area contributed by atoms with Gasteiger partial charge in [0.2, 0.25) is 0 Å². The van der Waals surface area contributed by atoms with Crippen LogP contribution in [-0.4, -0.2) is 11.7 Å². The average Bonchev–Trinajstić information content (AvgIpc) is 2.95. The summed E-state index contributed by atoms with van der Waals surface area (Å²) in [5, 5.41) is 2.81. The minimum atomic E-state index is -0.505. The van der Waals surface area contributed by atoms with Gasteiger partial charge >= 0.3 is 6.09 Å². The molecule has 2 aromatic rings. The highest BCUT2D eigenvalue weighted by atomic mass is 16.6. The molecule has 0 radical (unpaired) electrons. The van der Waals surface area contributed by atoms with Crippen LogP contribution in [0.15, 0.2) is 54.6 Å². The fourth-order valence-electron chi connectivity index (χ4n) is 3.42. The second-order valence-electron chi connectivity index (χ2n) is 7.99. The molecule has 0 bridgehead atoms. The van der Waals surface area contributed by atoms with Gasteiger partial charge in [0, 0.05) is 5.69 Å². The summed E-state index contributed by atoms with van der Waals surface area (Å²) in [5.41, 5.74) is 5.52. The van der Waals surface area contributed by atoms with Crippen molar-refractivity contribution in [3.05, 3.63) is 71.3 Å². The van der Waals surface area contributed by atoms with Gasteiger partial charge in [-0.15, -0.1) is 0 Å². The van der Waals surface area contributed by atoms with Gasteiger partial charge in [-0.3, -0.25) is 5.32 Å². The number of carbonyl (C=O) groups excluding carboxylic acids is 1. The zero-order chi connectivity index (χ0) is 18.7. The molecular formula is C23H27NO2. The molecule has 1 aliphatic carbocycles. The van der Waals surface area contributed by atoms with Crippen molar-refractivity contribution >= 4 is 17.4 Å². The van der Waals surface area contributed by atoms with Crippen LogP contribution in [0.1, 0.15) is 44.4 Å². The molecule has 0 fully saturated rings. The molecule has 0 saturated carbocycles. The number of carbonyl (C=O) groups is 1.